The predicted octanol–water partition coefficient (Wildman–Crippen LogP) is 2.37. The Labute approximate surface area is 83.5 Å². The van der Waals surface area contributed by atoms with Crippen LogP contribution in [-0.4, -0.2) is 4.57 Å². The summed E-state index contributed by atoms with van der Waals surface area (Å²) in [5.74, 6) is 0. The average Bonchev–Trinajstić information content (AvgIpc) is 2.18. The third-order valence-corrected chi connectivity index (χ3v) is 1.83. The molecule has 1 aromatic rings. The van der Waals surface area contributed by atoms with Crippen LogP contribution < -0.4 is 5.56 Å². The maximum absolute atomic E-state index is 11.5. The van der Waals surface area contributed by atoms with Crippen molar-refractivity contribution in [3.8, 4) is 0 Å². The molecule has 1 aromatic heterocycles. The molecule has 0 spiro atoms. The Balaban J connectivity index is 3.36. The standard InChI is InChI=1S/C12H13NO/c1-4-6-11(5-2)13-9-10(3)7-8-12(13)14/h4-9H,1-2H2,3H3/b11-6+. The molecule has 0 amide bonds. The molecule has 0 saturated carbocycles. The Hall–Kier alpha value is -1.83. The summed E-state index contributed by atoms with van der Waals surface area (Å²) in [6.45, 7) is 9.17. The lowest BCUT2D eigenvalue weighted by Crippen LogP contribution is -2.16. The van der Waals surface area contributed by atoms with E-state index in [2.05, 4.69) is 13.2 Å². The Kier molecular flexibility index (Phi) is 3.24. The second kappa shape index (κ2) is 4.42. The van der Waals surface area contributed by atoms with Crippen LogP contribution in [0.5, 0.6) is 0 Å². The Morgan fingerprint density at radius 2 is 2.14 bits per heavy atom. The van der Waals surface area contributed by atoms with Crippen molar-refractivity contribution in [3.63, 3.8) is 0 Å². The summed E-state index contributed by atoms with van der Waals surface area (Å²) in [5, 5.41) is 0. The van der Waals surface area contributed by atoms with Gasteiger partial charge in [0.2, 0.25) is 0 Å². The molecule has 14 heavy (non-hydrogen) atoms. The van der Waals surface area contributed by atoms with Crippen LogP contribution >= 0.6 is 0 Å². The fourth-order valence-corrected chi connectivity index (χ4v) is 1.16. The van der Waals surface area contributed by atoms with Crippen molar-refractivity contribution in [2.24, 2.45) is 0 Å². The summed E-state index contributed by atoms with van der Waals surface area (Å²) in [5.41, 5.74) is 1.69. The van der Waals surface area contributed by atoms with Crippen LogP contribution in [0, 0.1) is 6.92 Å². The first-order valence-corrected chi connectivity index (χ1v) is 4.34. The van der Waals surface area contributed by atoms with Crippen molar-refractivity contribution in [1.29, 1.82) is 0 Å². The highest BCUT2D eigenvalue weighted by Crippen LogP contribution is 2.03. The van der Waals surface area contributed by atoms with E-state index in [1.807, 2.05) is 6.92 Å². The van der Waals surface area contributed by atoms with Crippen LogP contribution in [0.25, 0.3) is 5.70 Å². The minimum Gasteiger partial charge on any atom is -0.284 e. The van der Waals surface area contributed by atoms with Crippen molar-refractivity contribution in [2.45, 2.75) is 6.92 Å². The van der Waals surface area contributed by atoms with Gasteiger partial charge in [0.15, 0.2) is 0 Å². The van der Waals surface area contributed by atoms with Gasteiger partial charge in [-0.3, -0.25) is 9.36 Å². The summed E-state index contributed by atoms with van der Waals surface area (Å²) in [6, 6.07) is 3.32. The van der Waals surface area contributed by atoms with Crippen molar-refractivity contribution in [2.75, 3.05) is 0 Å². The van der Waals surface area contributed by atoms with E-state index in [9.17, 15) is 4.79 Å². The number of nitrogens with zero attached hydrogens (tertiary/aromatic N) is 1. The first kappa shape index (κ1) is 10.3. The van der Waals surface area contributed by atoms with Gasteiger partial charge in [-0.15, -0.1) is 0 Å². The highest BCUT2D eigenvalue weighted by molar-refractivity contribution is 5.58. The second-order valence-corrected chi connectivity index (χ2v) is 2.95. The number of aromatic nitrogens is 1. The molecule has 1 heterocycles. The van der Waals surface area contributed by atoms with Gasteiger partial charge in [0.05, 0.1) is 0 Å². The number of aryl methyl sites for hydroxylation is 1. The third-order valence-electron chi connectivity index (χ3n) is 1.83. The topological polar surface area (TPSA) is 22.0 Å². The quantitative estimate of drug-likeness (QED) is 0.666. The summed E-state index contributed by atoms with van der Waals surface area (Å²) in [6.07, 6.45) is 6.78. The van der Waals surface area contributed by atoms with Gasteiger partial charge in [-0.1, -0.05) is 25.3 Å². The molecular weight excluding hydrogens is 174 g/mol. The molecule has 0 aliphatic carbocycles. The van der Waals surface area contributed by atoms with Crippen LogP contribution in [0.2, 0.25) is 0 Å². The number of pyridine rings is 1. The van der Waals surface area contributed by atoms with Crippen LogP contribution in [0.3, 0.4) is 0 Å². The van der Waals surface area contributed by atoms with Crippen molar-refractivity contribution < 1.29 is 0 Å². The molecule has 0 radical (unpaired) electrons. The minimum atomic E-state index is -0.0661. The van der Waals surface area contributed by atoms with Gasteiger partial charge < -0.3 is 0 Å². The number of hydrogen-bond donors (Lipinski definition) is 0. The SMILES string of the molecule is C=C/C=C(\C=C)n1cc(C)ccc1=O. The number of allylic oxidation sites excluding steroid dienone is 4. The van der Waals surface area contributed by atoms with Gasteiger partial charge in [-0.05, 0) is 24.6 Å². The zero-order valence-electron chi connectivity index (χ0n) is 8.23. The second-order valence-electron chi connectivity index (χ2n) is 2.95. The van der Waals surface area contributed by atoms with E-state index < -0.39 is 0 Å². The van der Waals surface area contributed by atoms with Gasteiger partial charge in [-0.2, -0.15) is 0 Å². The van der Waals surface area contributed by atoms with E-state index in [1.54, 1.807) is 35.1 Å². The summed E-state index contributed by atoms with van der Waals surface area (Å²) in [4.78, 5) is 11.5. The smallest absolute Gasteiger partial charge is 0.255 e. The molecule has 0 aromatic carbocycles. The van der Waals surface area contributed by atoms with Crippen molar-refractivity contribution >= 4 is 5.70 Å². The molecule has 2 heteroatoms. The van der Waals surface area contributed by atoms with E-state index in [-0.39, 0.29) is 5.56 Å². The summed E-state index contributed by atoms with van der Waals surface area (Å²) < 4.78 is 1.55. The highest BCUT2D eigenvalue weighted by atomic mass is 16.1. The Morgan fingerprint density at radius 1 is 1.43 bits per heavy atom. The van der Waals surface area contributed by atoms with Gasteiger partial charge in [0.25, 0.3) is 5.56 Å². The lowest BCUT2D eigenvalue weighted by atomic mass is 10.3. The van der Waals surface area contributed by atoms with E-state index >= 15 is 0 Å². The zero-order valence-corrected chi connectivity index (χ0v) is 8.23. The average molecular weight is 187 g/mol. The van der Waals surface area contributed by atoms with E-state index in [0.717, 1.165) is 11.3 Å². The largest absolute Gasteiger partial charge is 0.284 e. The van der Waals surface area contributed by atoms with Gasteiger partial charge in [0.1, 0.15) is 0 Å². The molecule has 0 N–H and O–H groups in total. The van der Waals surface area contributed by atoms with Crippen LogP contribution in [0.15, 0.2) is 54.5 Å². The molecule has 72 valence electrons. The van der Waals surface area contributed by atoms with Gasteiger partial charge in [-0.25, -0.2) is 0 Å². The van der Waals surface area contributed by atoms with Crippen molar-refractivity contribution in [1.82, 2.24) is 4.57 Å². The summed E-state index contributed by atoms with van der Waals surface area (Å²) in [7, 11) is 0. The summed E-state index contributed by atoms with van der Waals surface area (Å²) >= 11 is 0. The van der Waals surface area contributed by atoms with Crippen molar-refractivity contribution in [3.05, 3.63) is 65.6 Å². The first-order chi connectivity index (χ1) is 6.69. The Morgan fingerprint density at radius 3 is 2.71 bits per heavy atom. The van der Waals surface area contributed by atoms with E-state index in [4.69, 9.17) is 0 Å². The molecule has 0 atom stereocenters. The fraction of sp³-hybridized carbons (Fsp3) is 0.0833. The number of rotatable bonds is 3. The maximum atomic E-state index is 11.5. The van der Waals surface area contributed by atoms with Crippen LogP contribution in [-0.2, 0) is 0 Å². The molecule has 0 unspecified atom stereocenters. The Bertz CT molecular complexity index is 438. The molecule has 0 saturated heterocycles. The van der Waals surface area contributed by atoms with Crippen LogP contribution in [0.4, 0.5) is 0 Å². The number of hydrogen-bond acceptors (Lipinski definition) is 1. The lowest BCUT2D eigenvalue weighted by Gasteiger charge is -2.05. The van der Waals surface area contributed by atoms with E-state index in [0.29, 0.717) is 0 Å². The predicted molar refractivity (Wildman–Crippen MR) is 60.1 cm³/mol. The molecule has 0 aliphatic rings. The van der Waals surface area contributed by atoms with Crippen LogP contribution in [0.1, 0.15) is 5.56 Å². The van der Waals surface area contributed by atoms with E-state index in [1.165, 1.54) is 6.07 Å². The third kappa shape index (κ3) is 2.10. The lowest BCUT2D eigenvalue weighted by molar-refractivity contribution is 1.01. The van der Waals surface area contributed by atoms with Gasteiger partial charge >= 0.3 is 0 Å². The molecular formula is C12H13NO. The van der Waals surface area contributed by atoms with Gasteiger partial charge in [0, 0.05) is 18.0 Å². The first-order valence-electron chi connectivity index (χ1n) is 4.34. The molecule has 0 fully saturated rings. The highest BCUT2D eigenvalue weighted by Gasteiger charge is 1.97. The molecule has 2 nitrogen and oxygen atoms in total. The fourth-order valence-electron chi connectivity index (χ4n) is 1.16. The molecule has 0 aliphatic heterocycles. The zero-order chi connectivity index (χ0) is 10.6. The molecule has 1 rings (SSSR count). The monoisotopic (exact) mass is 187 g/mol. The normalized spacial score (nSPS) is 11.1. The maximum Gasteiger partial charge on any atom is 0.255 e. The molecule has 0 bridgehead atoms. The minimum absolute atomic E-state index is 0.0661.